The van der Waals surface area contributed by atoms with Gasteiger partial charge in [-0.3, -0.25) is 0 Å². The molecule has 1 aromatic heterocycles. The van der Waals surface area contributed by atoms with Crippen molar-refractivity contribution < 1.29 is 0 Å². The Labute approximate surface area is 35.6 Å². The molecule has 0 radical (unpaired) electrons. The third-order valence-electron chi connectivity index (χ3n) is 0.577. The van der Waals surface area contributed by atoms with E-state index in [-0.39, 0.29) is 0 Å². The summed E-state index contributed by atoms with van der Waals surface area (Å²) >= 11 is 0. The Morgan fingerprint density at radius 1 is 1.17 bits per heavy atom. The molecule has 0 saturated heterocycles. The van der Waals surface area contributed by atoms with Crippen LogP contribution in [-0.2, 0) is 0 Å². The standard InChI is InChI=1S/C4H4NO/c6-5-3-1-2-4-5/h1-4H/q-1. The molecular formula is C4H4NO-. The monoisotopic (exact) mass is 82.0 g/mol. The van der Waals surface area contributed by atoms with E-state index in [2.05, 4.69) is 0 Å². The van der Waals surface area contributed by atoms with E-state index >= 15 is 0 Å². The van der Waals surface area contributed by atoms with Crippen molar-refractivity contribution in [3.05, 3.63) is 29.7 Å². The quantitative estimate of drug-likeness (QED) is 0.455. The molecule has 0 N–H and O–H groups in total. The Morgan fingerprint density at radius 2 is 1.67 bits per heavy atom. The molecule has 0 aliphatic heterocycles. The molecule has 0 unspecified atom stereocenters. The predicted octanol–water partition coefficient (Wildman–Crippen LogP) is 0.834. The van der Waals surface area contributed by atoms with Crippen molar-refractivity contribution >= 4 is 0 Å². The molecule has 0 amide bonds. The summed E-state index contributed by atoms with van der Waals surface area (Å²) in [7, 11) is 0. The maximum atomic E-state index is 9.99. The summed E-state index contributed by atoms with van der Waals surface area (Å²) in [6.07, 6.45) is 2.89. The second kappa shape index (κ2) is 1.05. The number of rotatable bonds is 0. The van der Waals surface area contributed by atoms with Gasteiger partial charge in [-0.05, 0) is 24.5 Å². The van der Waals surface area contributed by atoms with Gasteiger partial charge in [0.15, 0.2) is 0 Å². The molecule has 0 atom stereocenters. The third-order valence-corrected chi connectivity index (χ3v) is 0.577. The number of aromatic nitrogens is 1. The lowest BCUT2D eigenvalue weighted by molar-refractivity contribution is 1.10. The van der Waals surface area contributed by atoms with Crippen LogP contribution in [0, 0.1) is 5.21 Å². The van der Waals surface area contributed by atoms with E-state index in [4.69, 9.17) is 0 Å². The van der Waals surface area contributed by atoms with Crippen molar-refractivity contribution in [2.24, 2.45) is 0 Å². The maximum Gasteiger partial charge on any atom is -0.00169 e. The molecule has 0 aliphatic carbocycles. The average Bonchev–Trinajstić information content (AvgIpc) is 1.86. The van der Waals surface area contributed by atoms with Crippen LogP contribution in [-0.4, -0.2) is 4.73 Å². The average molecular weight is 82.1 g/mol. The first-order valence-corrected chi connectivity index (χ1v) is 1.70. The van der Waals surface area contributed by atoms with E-state index in [1.165, 1.54) is 12.4 Å². The second-order valence-corrected chi connectivity index (χ2v) is 1.04. The van der Waals surface area contributed by atoms with Crippen LogP contribution in [0.3, 0.4) is 0 Å². The fourth-order valence-corrected chi connectivity index (χ4v) is 0.319. The molecule has 0 fully saturated rings. The van der Waals surface area contributed by atoms with Gasteiger partial charge in [-0.2, -0.15) is 0 Å². The summed E-state index contributed by atoms with van der Waals surface area (Å²) in [5.41, 5.74) is 0. The molecule has 0 bridgehead atoms. The van der Waals surface area contributed by atoms with Crippen LogP contribution >= 0.6 is 0 Å². The Morgan fingerprint density at radius 3 is 1.83 bits per heavy atom. The Bertz CT molecular complexity index is 111. The summed E-state index contributed by atoms with van der Waals surface area (Å²) < 4.78 is 0.750. The van der Waals surface area contributed by atoms with Crippen molar-refractivity contribution in [2.45, 2.75) is 0 Å². The molecule has 2 nitrogen and oxygen atoms in total. The second-order valence-electron chi connectivity index (χ2n) is 1.04. The van der Waals surface area contributed by atoms with Gasteiger partial charge < -0.3 is 9.94 Å². The minimum absolute atomic E-state index is 0.750. The zero-order chi connectivity index (χ0) is 4.41. The lowest BCUT2D eigenvalue weighted by Gasteiger charge is -1.99. The largest absolute Gasteiger partial charge is 0.806 e. The molecule has 1 rings (SSSR count). The summed E-state index contributed by atoms with van der Waals surface area (Å²) in [5.74, 6) is 0. The van der Waals surface area contributed by atoms with Crippen LogP contribution in [0.4, 0.5) is 0 Å². The van der Waals surface area contributed by atoms with E-state index in [1.807, 2.05) is 0 Å². The smallest absolute Gasteiger partial charge is 0.00169 e. The van der Waals surface area contributed by atoms with Gasteiger partial charge >= 0.3 is 0 Å². The molecule has 1 heterocycles. The fraction of sp³-hybridized carbons (Fsp3) is 0. The highest BCUT2D eigenvalue weighted by Crippen LogP contribution is 1.81. The molecule has 6 heavy (non-hydrogen) atoms. The Balaban J connectivity index is 3.05. The summed E-state index contributed by atoms with van der Waals surface area (Å²) in [6.45, 7) is 0. The van der Waals surface area contributed by atoms with Crippen molar-refractivity contribution in [1.29, 1.82) is 0 Å². The first-order valence-electron chi connectivity index (χ1n) is 1.70. The Hall–Kier alpha value is -0.920. The molecule has 0 aromatic carbocycles. The Kier molecular flexibility index (Phi) is 0.572. The number of nitrogens with zero attached hydrogens (tertiary/aromatic N) is 1. The van der Waals surface area contributed by atoms with Gasteiger partial charge in [0.05, 0.1) is 0 Å². The topological polar surface area (TPSA) is 28.0 Å². The molecule has 32 valence electrons. The van der Waals surface area contributed by atoms with Crippen molar-refractivity contribution in [1.82, 2.24) is 4.73 Å². The van der Waals surface area contributed by atoms with Gasteiger partial charge in [-0.15, -0.1) is 0 Å². The first-order chi connectivity index (χ1) is 2.89. The molecular weight excluding hydrogens is 78.0 g/mol. The zero-order valence-corrected chi connectivity index (χ0v) is 3.16. The highest BCUT2D eigenvalue weighted by molar-refractivity contribution is 4.91. The van der Waals surface area contributed by atoms with Crippen LogP contribution in [0.2, 0.25) is 0 Å². The van der Waals surface area contributed by atoms with Crippen LogP contribution in [0.15, 0.2) is 24.5 Å². The van der Waals surface area contributed by atoms with Gasteiger partial charge in [-0.25, -0.2) is 0 Å². The zero-order valence-electron chi connectivity index (χ0n) is 3.16. The van der Waals surface area contributed by atoms with Crippen LogP contribution in [0.5, 0.6) is 0 Å². The van der Waals surface area contributed by atoms with E-state index in [1.54, 1.807) is 12.1 Å². The van der Waals surface area contributed by atoms with Gasteiger partial charge in [0.1, 0.15) is 0 Å². The lowest BCUT2D eigenvalue weighted by Crippen LogP contribution is -1.71. The van der Waals surface area contributed by atoms with Crippen LogP contribution < -0.4 is 0 Å². The highest BCUT2D eigenvalue weighted by Gasteiger charge is 1.62. The van der Waals surface area contributed by atoms with Gasteiger partial charge in [0.2, 0.25) is 0 Å². The third kappa shape index (κ3) is 0.360. The van der Waals surface area contributed by atoms with Gasteiger partial charge in [0.25, 0.3) is 0 Å². The summed E-state index contributed by atoms with van der Waals surface area (Å²) in [6, 6.07) is 3.38. The maximum absolute atomic E-state index is 9.99. The van der Waals surface area contributed by atoms with Crippen molar-refractivity contribution in [2.75, 3.05) is 0 Å². The van der Waals surface area contributed by atoms with Gasteiger partial charge in [-0.1, -0.05) is 0 Å². The highest BCUT2D eigenvalue weighted by atomic mass is 16.5. The van der Waals surface area contributed by atoms with Crippen molar-refractivity contribution in [3.8, 4) is 0 Å². The normalized spacial score (nSPS) is 8.67. The van der Waals surface area contributed by atoms with Crippen LogP contribution in [0.1, 0.15) is 0 Å². The minimum atomic E-state index is 0.750. The molecule has 1 aromatic rings. The summed E-state index contributed by atoms with van der Waals surface area (Å²) in [5, 5.41) is 9.99. The van der Waals surface area contributed by atoms with Crippen LogP contribution in [0.25, 0.3) is 0 Å². The predicted molar refractivity (Wildman–Crippen MR) is 23.2 cm³/mol. The van der Waals surface area contributed by atoms with E-state index < -0.39 is 0 Å². The van der Waals surface area contributed by atoms with Crippen molar-refractivity contribution in [3.63, 3.8) is 0 Å². The molecule has 0 saturated carbocycles. The molecule has 0 aliphatic rings. The summed E-state index contributed by atoms with van der Waals surface area (Å²) in [4.78, 5) is 0. The van der Waals surface area contributed by atoms with Gasteiger partial charge in [0, 0.05) is 0 Å². The number of hydrogen-bond donors (Lipinski definition) is 0. The van der Waals surface area contributed by atoms with E-state index in [0.29, 0.717) is 0 Å². The molecule has 0 spiro atoms. The van der Waals surface area contributed by atoms with E-state index in [9.17, 15) is 5.21 Å². The SMILES string of the molecule is [O-]n1cccc1. The minimum Gasteiger partial charge on any atom is -0.806 e. The lowest BCUT2D eigenvalue weighted by atomic mass is 10.7. The number of hydrogen-bond acceptors (Lipinski definition) is 1. The van der Waals surface area contributed by atoms with E-state index in [0.717, 1.165) is 4.73 Å². The first kappa shape index (κ1) is 3.28. The molecule has 2 heteroatoms. The fourth-order valence-electron chi connectivity index (χ4n) is 0.319.